The van der Waals surface area contributed by atoms with E-state index in [0.717, 1.165) is 29.4 Å². The quantitative estimate of drug-likeness (QED) is 0.168. The van der Waals surface area contributed by atoms with Crippen LogP contribution in [0.25, 0.3) is 55.8 Å². The Hall–Kier alpha value is -5.23. The minimum atomic E-state index is -0.348. The first-order valence-corrected chi connectivity index (χ1v) is 14.0. The molecule has 0 spiro atoms. The highest BCUT2D eigenvalue weighted by atomic mass is 19.1. The zero-order chi connectivity index (χ0) is 29.9. The number of carbonyl (C=O) groups excluding carboxylic acids is 1. The fourth-order valence-electron chi connectivity index (χ4n) is 4.88. The predicted molar refractivity (Wildman–Crippen MR) is 166 cm³/mol. The molecule has 218 valence electrons. The third-order valence-electron chi connectivity index (χ3n) is 6.96. The van der Waals surface area contributed by atoms with Crippen LogP contribution in [0.4, 0.5) is 15.8 Å². The molecule has 0 bridgehead atoms. The molecule has 0 aliphatic rings. The van der Waals surface area contributed by atoms with Crippen molar-refractivity contribution < 1.29 is 9.18 Å². The van der Waals surface area contributed by atoms with Crippen LogP contribution in [0.2, 0.25) is 0 Å². The number of pyridine rings is 3. The molecule has 1 aromatic carbocycles. The topological polar surface area (TPSA) is 140 Å². The van der Waals surface area contributed by atoms with Crippen molar-refractivity contribution in [3.63, 3.8) is 0 Å². The van der Waals surface area contributed by atoms with E-state index in [1.807, 2.05) is 39.2 Å². The zero-order valence-corrected chi connectivity index (χ0v) is 24.1. The molecule has 5 heterocycles. The van der Waals surface area contributed by atoms with Gasteiger partial charge in [-0.15, -0.1) is 0 Å². The maximum atomic E-state index is 14.7. The first kappa shape index (κ1) is 27.9. The van der Waals surface area contributed by atoms with Gasteiger partial charge in [-0.05, 0) is 56.4 Å². The molecule has 6 aromatic rings. The van der Waals surface area contributed by atoms with Crippen LogP contribution in [0, 0.1) is 5.82 Å². The van der Waals surface area contributed by atoms with Gasteiger partial charge in [0.2, 0.25) is 5.91 Å². The van der Waals surface area contributed by atoms with Crippen LogP contribution in [-0.4, -0.2) is 73.1 Å². The number of aromatic amines is 2. The summed E-state index contributed by atoms with van der Waals surface area (Å²) < 4.78 is 14.7. The fraction of sp³-hybridized carbons (Fsp3) is 0.226. The van der Waals surface area contributed by atoms with Crippen molar-refractivity contribution in [2.75, 3.05) is 37.8 Å². The smallest absolute Gasteiger partial charge is 0.224 e. The summed E-state index contributed by atoms with van der Waals surface area (Å²) in [7, 11) is 3.98. The number of rotatable bonds is 10. The monoisotopic (exact) mass is 578 g/mol. The summed E-state index contributed by atoms with van der Waals surface area (Å²) in [6.07, 6.45) is 9.60. The minimum absolute atomic E-state index is 0.0595. The number of nitrogens with zero attached hydrogens (tertiary/aromatic N) is 6. The lowest BCUT2D eigenvalue weighted by atomic mass is 10.1. The van der Waals surface area contributed by atoms with Crippen molar-refractivity contribution in [3.8, 4) is 33.9 Å². The van der Waals surface area contributed by atoms with E-state index in [4.69, 9.17) is 4.98 Å². The molecule has 0 saturated heterocycles. The number of likely N-dealkylation sites (N-methyl/N-ethyl adjacent to an activating group) is 1. The van der Waals surface area contributed by atoms with Crippen LogP contribution in [0.15, 0.2) is 61.3 Å². The van der Waals surface area contributed by atoms with Gasteiger partial charge < -0.3 is 20.5 Å². The van der Waals surface area contributed by atoms with Gasteiger partial charge >= 0.3 is 0 Å². The number of halogens is 1. The number of nitrogens with one attached hydrogen (secondary N) is 4. The van der Waals surface area contributed by atoms with Gasteiger partial charge in [0.05, 0.1) is 46.5 Å². The van der Waals surface area contributed by atoms with E-state index in [1.165, 1.54) is 12.1 Å². The summed E-state index contributed by atoms with van der Waals surface area (Å²) in [5, 5.41) is 14.5. The van der Waals surface area contributed by atoms with Crippen LogP contribution >= 0.6 is 0 Å². The average Bonchev–Trinajstić information content (AvgIpc) is 3.60. The molecule has 11 nitrogen and oxygen atoms in total. The maximum absolute atomic E-state index is 14.7. The molecular formula is C31H31FN10O. The third-order valence-corrected chi connectivity index (χ3v) is 6.96. The Kier molecular flexibility index (Phi) is 7.75. The van der Waals surface area contributed by atoms with E-state index < -0.39 is 0 Å². The van der Waals surface area contributed by atoms with Crippen molar-refractivity contribution in [2.45, 2.75) is 19.8 Å². The van der Waals surface area contributed by atoms with Crippen molar-refractivity contribution >= 4 is 39.2 Å². The van der Waals surface area contributed by atoms with E-state index >= 15 is 0 Å². The highest BCUT2D eigenvalue weighted by molar-refractivity contribution is 5.98. The highest BCUT2D eigenvalue weighted by Crippen LogP contribution is 2.33. The first-order valence-electron chi connectivity index (χ1n) is 14.0. The van der Waals surface area contributed by atoms with Crippen molar-refractivity contribution in [3.05, 3.63) is 67.1 Å². The molecule has 0 fully saturated rings. The number of hydrogen-bond acceptors (Lipinski definition) is 8. The summed E-state index contributed by atoms with van der Waals surface area (Å²) >= 11 is 0. The van der Waals surface area contributed by atoms with Gasteiger partial charge in [0.1, 0.15) is 11.5 Å². The first-order chi connectivity index (χ1) is 20.9. The maximum Gasteiger partial charge on any atom is 0.224 e. The van der Waals surface area contributed by atoms with Gasteiger partial charge in [-0.25, -0.2) is 9.37 Å². The summed E-state index contributed by atoms with van der Waals surface area (Å²) in [4.78, 5) is 35.6. The number of amides is 1. The van der Waals surface area contributed by atoms with Crippen LogP contribution < -0.4 is 10.6 Å². The SMILES string of the molecule is CCCC(=O)Nc1cncc(-c2cc3c(-c4nc5c(-c6cc(F)cc(NCCN(C)C)c6)cncc5[nH]4)n[nH]c3cn2)c1. The van der Waals surface area contributed by atoms with Crippen molar-refractivity contribution in [2.24, 2.45) is 0 Å². The Morgan fingerprint density at radius 2 is 1.79 bits per heavy atom. The van der Waals surface area contributed by atoms with Crippen molar-refractivity contribution in [1.29, 1.82) is 0 Å². The Labute approximate surface area is 247 Å². The number of hydrogen-bond donors (Lipinski definition) is 4. The van der Waals surface area contributed by atoms with Gasteiger partial charge in [0.25, 0.3) is 0 Å². The zero-order valence-electron chi connectivity index (χ0n) is 24.1. The van der Waals surface area contributed by atoms with Crippen molar-refractivity contribution in [1.82, 2.24) is 40.0 Å². The lowest BCUT2D eigenvalue weighted by Gasteiger charge is -2.12. The molecule has 12 heteroatoms. The second kappa shape index (κ2) is 11.9. The Bertz CT molecular complexity index is 1930. The molecule has 0 aliphatic carbocycles. The number of anilines is 2. The largest absolute Gasteiger partial charge is 0.384 e. The molecule has 1 amide bonds. The summed E-state index contributed by atoms with van der Waals surface area (Å²) in [6, 6.07) is 8.62. The number of fused-ring (bicyclic) bond motifs is 2. The van der Waals surface area contributed by atoms with E-state index in [0.29, 0.717) is 63.7 Å². The standard InChI is InChI=1S/C31H31FN10O/c1-4-5-28(43)37-22-10-19(13-33-14-22)25-12-23-26(17-36-25)40-41-30(23)31-38-27-16-34-15-24(29(27)39-31)18-8-20(32)11-21(9-18)35-6-7-42(2)3/h8-17,35H,4-7H2,1-3H3,(H,37,43)(H,38,39)(H,40,41). The second-order valence-electron chi connectivity index (χ2n) is 10.6. The molecule has 0 aliphatic heterocycles. The molecule has 5 aromatic heterocycles. The molecule has 0 radical (unpaired) electrons. The van der Waals surface area contributed by atoms with Gasteiger partial charge in [-0.3, -0.25) is 24.8 Å². The lowest BCUT2D eigenvalue weighted by molar-refractivity contribution is -0.116. The van der Waals surface area contributed by atoms with Gasteiger partial charge in [0, 0.05) is 54.1 Å². The predicted octanol–water partition coefficient (Wildman–Crippen LogP) is 5.48. The van der Waals surface area contributed by atoms with Crippen LogP contribution in [0.3, 0.4) is 0 Å². The van der Waals surface area contributed by atoms with Gasteiger partial charge in [-0.2, -0.15) is 5.10 Å². The summed E-state index contributed by atoms with van der Waals surface area (Å²) in [5.74, 6) is 0.127. The van der Waals surface area contributed by atoms with Crippen LogP contribution in [0.1, 0.15) is 19.8 Å². The third kappa shape index (κ3) is 6.04. The fourth-order valence-corrected chi connectivity index (χ4v) is 4.88. The van der Waals surface area contributed by atoms with E-state index in [9.17, 15) is 9.18 Å². The van der Waals surface area contributed by atoms with Crippen LogP contribution in [-0.2, 0) is 4.79 Å². The summed E-state index contributed by atoms with van der Waals surface area (Å²) in [5.41, 5.74) is 6.77. The number of benzene rings is 1. The molecule has 6 rings (SSSR count). The summed E-state index contributed by atoms with van der Waals surface area (Å²) in [6.45, 7) is 3.46. The average molecular weight is 579 g/mol. The Morgan fingerprint density at radius 1 is 0.953 bits per heavy atom. The molecule has 0 saturated carbocycles. The molecule has 4 N–H and O–H groups in total. The molecule has 0 unspecified atom stereocenters. The van der Waals surface area contributed by atoms with E-state index in [2.05, 4.69) is 45.7 Å². The Morgan fingerprint density at radius 3 is 2.63 bits per heavy atom. The highest BCUT2D eigenvalue weighted by Gasteiger charge is 2.17. The number of imidazole rings is 1. The molecule has 43 heavy (non-hydrogen) atoms. The van der Waals surface area contributed by atoms with Gasteiger partial charge in [-0.1, -0.05) is 6.92 Å². The van der Waals surface area contributed by atoms with E-state index in [1.54, 1.807) is 31.0 Å². The number of aromatic nitrogens is 7. The van der Waals surface area contributed by atoms with Crippen LogP contribution in [0.5, 0.6) is 0 Å². The number of carbonyl (C=O) groups is 1. The van der Waals surface area contributed by atoms with E-state index in [-0.39, 0.29) is 11.7 Å². The normalized spacial score (nSPS) is 11.5. The molecule has 0 atom stereocenters. The minimum Gasteiger partial charge on any atom is -0.384 e. The molecular weight excluding hydrogens is 547 g/mol. The van der Waals surface area contributed by atoms with Gasteiger partial charge in [0.15, 0.2) is 5.82 Å². The Balaban J connectivity index is 1.35. The second-order valence-corrected chi connectivity index (χ2v) is 10.6. The number of H-pyrrole nitrogens is 2. The lowest BCUT2D eigenvalue weighted by Crippen LogP contribution is -2.20.